The standard InChI is InChI=1S/C18H20N8O2/c19-2-1-15(21)26-17-13(8-22-26)14(18(9-20)10-24(11-18)12-27)7-16(23-17)25-3-5-28-6-4-25/h1-2,7-8,12,19H,3-6,10-11,21H2/b15-1+,19-2?. The van der Waals surface area contributed by atoms with E-state index in [9.17, 15) is 10.1 Å². The molecule has 10 heteroatoms. The number of likely N-dealkylation sites (tertiary alicyclic amines) is 1. The van der Waals surface area contributed by atoms with E-state index in [2.05, 4.69) is 16.1 Å². The number of hydrogen-bond donors (Lipinski definition) is 2. The zero-order valence-electron chi connectivity index (χ0n) is 15.2. The minimum Gasteiger partial charge on any atom is -0.384 e. The number of aromatic nitrogens is 3. The van der Waals surface area contributed by atoms with Crippen molar-refractivity contribution in [3.8, 4) is 6.07 Å². The van der Waals surface area contributed by atoms with Gasteiger partial charge in [-0.05, 0) is 17.7 Å². The maximum atomic E-state index is 11.1. The van der Waals surface area contributed by atoms with Crippen molar-refractivity contribution in [3.63, 3.8) is 0 Å². The number of ether oxygens (including phenoxy) is 1. The molecule has 1 amide bonds. The second-order valence-electron chi connectivity index (χ2n) is 6.88. The zero-order chi connectivity index (χ0) is 19.7. The van der Waals surface area contributed by atoms with Crippen LogP contribution < -0.4 is 10.6 Å². The Balaban J connectivity index is 1.90. The molecule has 0 spiro atoms. The number of anilines is 1. The predicted molar refractivity (Wildman–Crippen MR) is 103 cm³/mol. The normalized spacial score (nSPS) is 19.2. The van der Waals surface area contributed by atoms with Crippen LogP contribution in [-0.4, -0.2) is 71.7 Å². The Morgan fingerprint density at radius 3 is 2.79 bits per heavy atom. The first kappa shape index (κ1) is 17.9. The summed E-state index contributed by atoms with van der Waals surface area (Å²) in [5.74, 6) is 0.978. The molecule has 2 saturated heterocycles. The molecule has 0 radical (unpaired) electrons. The number of morpholine rings is 1. The van der Waals surface area contributed by atoms with Crippen molar-refractivity contribution in [1.29, 1.82) is 10.7 Å². The topological polar surface area (TPSA) is 137 Å². The number of rotatable bonds is 5. The predicted octanol–water partition coefficient (Wildman–Crippen LogP) is -0.0920. The maximum Gasteiger partial charge on any atom is 0.209 e. The first-order chi connectivity index (χ1) is 13.6. The molecule has 144 valence electrons. The van der Waals surface area contributed by atoms with Crippen LogP contribution in [0, 0.1) is 16.7 Å². The second kappa shape index (κ2) is 6.94. The summed E-state index contributed by atoms with van der Waals surface area (Å²) in [6, 6.07) is 4.31. The molecule has 4 rings (SSSR count). The van der Waals surface area contributed by atoms with Crippen molar-refractivity contribution in [2.24, 2.45) is 5.73 Å². The number of fused-ring (bicyclic) bond motifs is 1. The third kappa shape index (κ3) is 2.76. The van der Waals surface area contributed by atoms with E-state index in [0.717, 1.165) is 24.0 Å². The molecule has 10 nitrogen and oxygen atoms in total. The van der Waals surface area contributed by atoms with Gasteiger partial charge in [0.1, 0.15) is 17.1 Å². The highest BCUT2D eigenvalue weighted by Crippen LogP contribution is 2.39. The smallest absolute Gasteiger partial charge is 0.209 e. The lowest BCUT2D eigenvalue weighted by molar-refractivity contribution is -0.123. The van der Waals surface area contributed by atoms with Gasteiger partial charge in [0.15, 0.2) is 5.65 Å². The first-order valence-corrected chi connectivity index (χ1v) is 8.91. The molecule has 0 atom stereocenters. The van der Waals surface area contributed by atoms with E-state index in [1.165, 1.54) is 10.8 Å². The Morgan fingerprint density at radius 2 is 2.14 bits per heavy atom. The molecule has 0 unspecified atom stereocenters. The molecule has 3 N–H and O–H groups in total. The van der Waals surface area contributed by atoms with Gasteiger partial charge in [0, 0.05) is 37.8 Å². The molecule has 2 aromatic rings. The van der Waals surface area contributed by atoms with Gasteiger partial charge in [-0.2, -0.15) is 15.0 Å². The molecular formula is C18H20N8O2. The van der Waals surface area contributed by atoms with Crippen LogP contribution in [0.4, 0.5) is 5.82 Å². The van der Waals surface area contributed by atoms with Crippen LogP contribution in [0.5, 0.6) is 0 Å². The van der Waals surface area contributed by atoms with E-state index in [-0.39, 0.29) is 5.82 Å². The average Bonchev–Trinajstić information content (AvgIpc) is 3.12. The summed E-state index contributed by atoms with van der Waals surface area (Å²) in [5, 5.41) is 22.2. The molecule has 0 saturated carbocycles. The SMILES string of the molecule is N#CC1(c2cc(N3CCOCC3)nc3c2cnn3/C(N)=C/C=N)CN(C=O)C1. The quantitative estimate of drug-likeness (QED) is 0.546. The highest BCUT2D eigenvalue weighted by atomic mass is 16.5. The van der Waals surface area contributed by atoms with Gasteiger partial charge in [0.05, 0.1) is 25.5 Å². The number of nitrogens with one attached hydrogen (secondary N) is 1. The van der Waals surface area contributed by atoms with Crippen LogP contribution in [0.1, 0.15) is 5.56 Å². The number of nitriles is 1. The summed E-state index contributed by atoms with van der Waals surface area (Å²) in [4.78, 5) is 19.5. The highest BCUT2D eigenvalue weighted by Gasteiger charge is 2.46. The molecule has 4 heterocycles. The van der Waals surface area contributed by atoms with Gasteiger partial charge in [0.25, 0.3) is 0 Å². The van der Waals surface area contributed by atoms with Crippen molar-refractivity contribution in [2.45, 2.75) is 5.41 Å². The van der Waals surface area contributed by atoms with Gasteiger partial charge in [-0.3, -0.25) is 4.79 Å². The lowest BCUT2D eigenvalue weighted by Gasteiger charge is -2.44. The van der Waals surface area contributed by atoms with Crippen LogP contribution in [0.25, 0.3) is 16.9 Å². The van der Waals surface area contributed by atoms with Gasteiger partial charge in [-0.25, -0.2) is 4.98 Å². The van der Waals surface area contributed by atoms with Crippen LogP contribution in [0.15, 0.2) is 18.3 Å². The average molecular weight is 380 g/mol. The van der Waals surface area contributed by atoms with Crippen molar-refractivity contribution in [2.75, 3.05) is 44.3 Å². The van der Waals surface area contributed by atoms with Crippen LogP contribution in [0.3, 0.4) is 0 Å². The minimum atomic E-state index is -0.809. The fraction of sp³-hybridized carbons (Fsp3) is 0.389. The fourth-order valence-corrected chi connectivity index (χ4v) is 3.71. The van der Waals surface area contributed by atoms with E-state index in [1.54, 1.807) is 11.1 Å². The van der Waals surface area contributed by atoms with Gasteiger partial charge < -0.3 is 25.7 Å². The number of nitrogens with two attached hydrogens (primary N) is 1. The summed E-state index contributed by atoms with van der Waals surface area (Å²) in [7, 11) is 0. The number of carbonyl (C=O) groups excluding carboxylic acids is 1. The van der Waals surface area contributed by atoms with Crippen LogP contribution >= 0.6 is 0 Å². The lowest BCUT2D eigenvalue weighted by Crippen LogP contribution is -2.57. The highest BCUT2D eigenvalue weighted by molar-refractivity contribution is 5.87. The van der Waals surface area contributed by atoms with E-state index >= 15 is 0 Å². The summed E-state index contributed by atoms with van der Waals surface area (Å²) in [6.45, 7) is 3.24. The third-order valence-electron chi connectivity index (χ3n) is 5.19. The second-order valence-corrected chi connectivity index (χ2v) is 6.88. The fourth-order valence-electron chi connectivity index (χ4n) is 3.71. The zero-order valence-corrected chi connectivity index (χ0v) is 15.2. The van der Waals surface area contributed by atoms with Crippen molar-refractivity contribution in [1.82, 2.24) is 19.7 Å². The summed E-state index contributed by atoms with van der Waals surface area (Å²) in [6.07, 6.45) is 4.89. The molecule has 0 bridgehead atoms. The molecular weight excluding hydrogens is 360 g/mol. The summed E-state index contributed by atoms with van der Waals surface area (Å²) >= 11 is 0. The largest absolute Gasteiger partial charge is 0.384 e. The Hall–Kier alpha value is -3.45. The minimum absolute atomic E-state index is 0.261. The number of pyridine rings is 1. The molecule has 2 aromatic heterocycles. The van der Waals surface area contributed by atoms with Crippen molar-refractivity contribution >= 4 is 35.3 Å². The van der Waals surface area contributed by atoms with Crippen LogP contribution in [-0.2, 0) is 14.9 Å². The van der Waals surface area contributed by atoms with Crippen molar-refractivity contribution in [3.05, 3.63) is 23.9 Å². The maximum absolute atomic E-state index is 11.1. The Labute approximate surface area is 161 Å². The summed E-state index contributed by atoms with van der Waals surface area (Å²) in [5.41, 5.74) is 6.54. The van der Waals surface area contributed by atoms with E-state index in [0.29, 0.717) is 50.4 Å². The number of amides is 1. The number of nitrogens with zero attached hydrogens (tertiary/aromatic N) is 6. The Kier molecular flexibility index (Phi) is 4.44. The van der Waals surface area contributed by atoms with E-state index < -0.39 is 5.41 Å². The Morgan fingerprint density at radius 1 is 1.39 bits per heavy atom. The molecule has 2 fully saturated rings. The van der Waals surface area contributed by atoms with Gasteiger partial charge in [-0.1, -0.05) is 0 Å². The molecule has 2 aliphatic rings. The third-order valence-corrected chi connectivity index (χ3v) is 5.19. The van der Waals surface area contributed by atoms with Crippen molar-refractivity contribution < 1.29 is 9.53 Å². The molecule has 28 heavy (non-hydrogen) atoms. The van der Waals surface area contributed by atoms with Gasteiger partial charge in [-0.15, -0.1) is 0 Å². The summed E-state index contributed by atoms with van der Waals surface area (Å²) < 4.78 is 6.90. The monoisotopic (exact) mass is 380 g/mol. The van der Waals surface area contributed by atoms with E-state index in [1.807, 2.05) is 6.07 Å². The van der Waals surface area contributed by atoms with E-state index in [4.69, 9.17) is 20.9 Å². The molecule has 2 aliphatic heterocycles. The lowest BCUT2D eigenvalue weighted by atomic mass is 9.74. The van der Waals surface area contributed by atoms with Gasteiger partial charge in [0.2, 0.25) is 6.41 Å². The number of hydrogen-bond acceptors (Lipinski definition) is 8. The van der Waals surface area contributed by atoms with Gasteiger partial charge >= 0.3 is 0 Å². The number of carbonyl (C=O) groups is 1. The number of allylic oxidation sites excluding steroid dienone is 1. The Bertz CT molecular complexity index is 993. The molecule has 0 aromatic carbocycles. The molecule has 0 aliphatic carbocycles. The first-order valence-electron chi connectivity index (χ1n) is 8.91. The van der Waals surface area contributed by atoms with Crippen LogP contribution in [0.2, 0.25) is 0 Å².